The zero-order valence-electron chi connectivity index (χ0n) is 21.4. The number of aromatic nitrogens is 3. The lowest BCUT2D eigenvalue weighted by Gasteiger charge is -2.31. The van der Waals surface area contributed by atoms with Crippen LogP contribution < -0.4 is 9.64 Å². The maximum absolute atomic E-state index is 12.8. The van der Waals surface area contributed by atoms with E-state index in [4.69, 9.17) is 14.0 Å². The second-order valence-electron chi connectivity index (χ2n) is 10.3. The first-order valence-corrected chi connectivity index (χ1v) is 13.3. The number of hydrogen-bond acceptors (Lipinski definition) is 8. The maximum atomic E-state index is 12.8. The predicted octanol–water partition coefficient (Wildman–Crippen LogP) is 3.93. The summed E-state index contributed by atoms with van der Waals surface area (Å²) in [6, 6.07) is 4.68. The Bertz CT molecular complexity index is 1040. The Kier molecular flexibility index (Phi) is 7.84. The van der Waals surface area contributed by atoms with Gasteiger partial charge in [0.25, 0.3) is 0 Å². The molecule has 0 spiro atoms. The predicted molar refractivity (Wildman–Crippen MR) is 136 cm³/mol. The number of hydrogen-bond donors (Lipinski definition) is 0. The van der Waals surface area contributed by atoms with Crippen molar-refractivity contribution in [2.24, 2.45) is 11.8 Å². The Hall–Kier alpha value is -2.94. The molecule has 2 aromatic heterocycles. The van der Waals surface area contributed by atoms with Gasteiger partial charge in [0.1, 0.15) is 5.75 Å². The Morgan fingerprint density at radius 1 is 1.14 bits per heavy atom. The van der Waals surface area contributed by atoms with Gasteiger partial charge < -0.3 is 23.8 Å². The molecule has 9 nitrogen and oxygen atoms in total. The number of allylic oxidation sites excluding steroid dienone is 2. The lowest BCUT2D eigenvalue weighted by Crippen LogP contribution is -2.44. The number of carbonyl (C=O) groups excluding carboxylic acids is 1. The number of nitrogens with zero attached hydrogens (tertiary/aromatic N) is 5. The molecule has 2 aromatic rings. The van der Waals surface area contributed by atoms with Crippen LogP contribution in [0.15, 0.2) is 28.9 Å². The zero-order valence-corrected chi connectivity index (χ0v) is 21.4. The molecule has 0 saturated carbocycles. The van der Waals surface area contributed by atoms with Gasteiger partial charge in [-0.1, -0.05) is 25.1 Å². The summed E-state index contributed by atoms with van der Waals surface area (Å²) < 4.78 is 16.9. The molecule has 0 bridgehead atoms. The van der Waals surface area contributed by atoms with Gasteiger partial charge in [-0.25, -0.2) is 0 Å². The molecule has 9 heteroatoms. The van der Waals surface area contributed by atoms with Crippen LogP contribution in [0.4, 0.5) is 6.01 Å². The van der Waals surface area contributed by atoms with Crippen LogP contribution in [-0.2, 0) is 9.53 Å². The molecular weight excluding hydrogens is 458 g/mol. The summed E-state index contributed by atoms with van der Waals surface area (Å²) in [5, 5.41) is 4.07. The van der Waals surface area contributed by atoms with Gasteiger partial charge in [-0.15, -0.1) is 0 Å². The van der Waals surface area contributed by atoms with E-state index in [0.717, 1.165) is 62.5 Å². The van der Waals surface area contributed by atoms with Crippen molar-refractivity contribution in [1.29, 1.82) is 0 Å². The van der Waals surface area contributed by atoms with Crippen molar-refractivity contribution in [3.8, 4) is 5.75 Å². The number of pyridine rings is 1. The molecule has 5 rings (SSSR count). The maximum Gasteiger partial charge on any atom is 0.324 e. The van der Waals surface area contributed by atoms with Crippen molar-refractivity contribution < 1.29 is 18.8 Å². The molecule has 1 unspecified atom stereocenters. The average Bonchev–Trinajstić information content (AvgIpc) is 3.44. The summed E-state index contributed by atoms with van der Waals surface area (Å²) in [4.78, 5) is 26.0. The first kappa shape index (κ1) is 24.7. The number of ether oxygens (including phenoxy) is 2. The highest BCUT2D eigenvalue weighted by Gasteiger charge is 2.28. The monoisotopic (exact) mass is 495 g/mol. The number of carbonyl (C=O) groups is 1. The number of amides is 1. The van der Waals surface area contributed by atoms with Gasteiger partial charge in [0.05, 0.1) is 31.7 Å². The summed E-state index contributed by atoms with van der Waals surface area (Å²) in [7, 11) is 0. The third kappa shape index (κ3) is 5.88. The van der Waals surface area contributed by atoms with Gasteiger partial charge in [-0.3, -0.25) is 9.78 Å². The third-order valence-corrected chi connectivity index (χ3v) is 7.47. The Morgan fingerprint density at radius 2 is 1.94 bits per heavy atom. The van der Waals surface area contributed by atoms with E-state index in [1.165, 1.54) is 5.57 Å². The number of rotatable bonds is 7. The highest BCUT2D eigenvalue weighted by Crippen LogP contribution is 2.31. The smallest absolute Gasteiger partial charge is 0.324 e. The van der Waals surface area contributed by atoms with Crippen molar-refractivity contribution >= 4 is 17.5 Å². The fraction of sp³-hybridized carbons (Fsp3) is 0.630. The molecule has 36 heavy (non-hydrogen) atoms. The van der Waals surface area contributed by atoms with E-state index in [9.17, 15) is 4.79 Å². The lowest BCUT2D eigenvalue weighted by molar-refractivity contribution is -0.139. The van der Waals surface area contributed by atoms with E-state index in [1.807, 2.05) is 23.2 Å². The minimum atomic E-state index is 0.0814. The van der Waals surface area contributed by atoms with E-state index in [2.05, 4.69) is 39.9 Å². The summed E-state index contributed by atoms with van der Waals surface area (Å²) >= 11 is 0. The molecule has 1 aliphatic carbocycles. The van der Waals surface area contributed by atoms with Crippen LogP contribution in [0.1, 0.15) is 63.4 Å². The highest BCUT2D eigenvalue weighted by molar-refractivity contribution is 5.80. The van der Waals surface area contributed by atoms with Crippen LogP contribution in [0.5, 0.6) is 5.75 Å². The average molecular weight is 496 g/mol. The van der Waals surface area contributed by atoms with Gasteiger partial charge >= 0.3 is 6.01 Å². The van der Waals surface area contributed by atoms with Crippen molar-refractivity contribution in [3.05, 3.63) is 35.9 Å². The molecule has 0 N–H and O–H groups in total. The van der Waals surface area contributed by atoms with E-state index in [1.54, 1.807) is 0 Å². The molecule has 1 amide bonds. The molecule has 194 valence electrons. The fourth-order valence-electron chi connectivity index (χ4n) is 5.08. The van der Waals surface area contributed by atoms with Crippen LogP contribution in [0.2, 0.25) is 0 Å². The number of anilines is 1. The largest absolute Gasteiger partial charge is 0.492 e. The minimum absolute atomic E-state index is 0.0814. The molecule has 2 saturated heterocycles. The van der Waals surface area contributed by atoms with E-state index in [0.29, 0.717) is 44.8 Å². The first-order valence-electron chi connectivity index (χ1n) is 13.3. The van der Waals surface area contributed by atoms with E-state index in [-0.39, 0.29) is 17.7 Å². The molecule has 0 radical (unpaired) electrons. The van der Waals surface area contributed by atoms with Crippen LogP contribution in [0.3, 0.4) is 0 Å². The third-order valence-electron chi connectivity index (χ3n) is 7.47. The Labute approximate surface area is 212 Å². The van der Waals surface area contributed by atoms with E-state index >= 15 is 0 Å². The number of morpholine rings is 1. The molecule has 2 fully saturated rings. The molecule has 4 heterocycles. The van der Waals surface area contributed by atoms with Gasteiger partial charge in [0.2, 0.25) is 5.91 Å². The fourth-order valence-corrected chi connectivity index (χ4v) is 5.08. The van der Waals surface area contributed by atoms with Crippen molar-refractivity contribution in [2.75, 3.05) is 50.9 Å². The lowest BCUT2D eigenvalue weighted by atomic mass is 9.87. The van der Waals surface area contributed by atoms with Crippen LogP contribution in [-0.4, -0.2) is 71.9 Å². The molecule has 2 aliphatic heterocycles. The Balaban J connectivity index is 1.06. The van der Waals surface area contributed by atoms with Gasteiger partial charge in [-0.2, -0.15) is 4.98 Å². The first-order chi connectivity index (χ1) is 17.6. The second kappa shape index (κ2) is 11.4. The Morgan fingerprint density at radius 3 is 2.58 bits per heavy atom. The number of piperidine rings is 1. The molecule has 0 aromatic carbocycles. The summed E-state index contributed by atoms with van der Waals surface area (Å²) in [5.41, 5.74) is 2.20. The molecule has 3 aliphatic rings. The summed E-state index contributed by atoms with van der Waals surface area (Å²) in [5.74, 6) is 2.68. The van der Waals surface area contributed by atoms with Crippen LogP contribution in [0, 0.1) is 11.8 Å². The molecule has 1 atom stereocenters. The normalized spacial score (nSPS) is 21.5. The molecular formula is C27H37N5O4. The zero-order chi connectivity index (χ0) is 24.9. The van der Waals surface area contributed by atoms with Crippen LogP contribution in [0.25, 0.3) is 5.57 Å². The van der Waals surface area contributed by atoms with E-state index < -0.39 is 0 Å². The van der Waals surface area contributed by atoms with Crippen molar-refractivity contribution in [3.63, 3.8) is 0 Å². The summed E-state index contributed by atoms with van der Waals surface area (Å²) in [6.07, 6.45) is 8.61. The minimum Gasteiger partial charge on any atom is -0.492 e. The van der Waals surface area contributed by atoms with Gasteiger partial charge in [-0.05, 0) is 55.7 Å². The van der Waals surface area contributed by atoms with Gasteiger partial charge in [0.15, 0.2) is 5.82 Å². The summed E-state index contributed by atoms with van der Waals surface area (Å²) in [6.45, 7) is 9.34. The SMILES string of the molecule is CC(C)c1noc(N2CCC(COc3ccc(C4=CCC(C(=O)N5CCOCC5)CC4)nc3)CC2)n1. The highest BCUT2D eigenvalue weighted by atomic mass is 16.5. The van der Waals surface area contributed by atoms with Crippen LogP contribution >= 0.6 is 0 Å². The van der Waals surface area contributed by atoms with Gasteiger partial charge in [0, 0.05) is 38.0 Å². The quantitative estimate of drug-likeness (QED) is 0.571. The van der Waals surface area contributed by atoms with Crippen molar-refractivity contribution in [2.45, 2.75) is 51.9 Å². The topological polar surface area (TPSA) is 93.8 Å². The van der Waals surface area contributed by atoms with Crippen molar-refractivity contribution in [1.82, 2.24) is 20.0 Å². The second-order valence-corrected chi connectivity index (χ2v) is 10.3. The standard InChI is InChI=1S/C27H37N5O4/c1-19(2)25-29-27(36-30-25)32-11-9-20(10-12-32)18-35-23-7-8-24(28-17-23)21-3-5-22(6-4-21)26(33)31-13-15-34-16-14-31/h3,7-8,17,19-20,22H,4-6,9-16,18H2,1-2H3.